The van der Waals surface area contributed by atoms with Crippen LogP contribution in [0.3, 0.4) is 0 Å². The average Bonchev–Trinajstić information content (AvgIpc) is 3.07. The summed E-state index contributed by atoms with van der Waals surface area (Å²) in [6, 6.07) is 6.52. The minimum atomic E-state index is -1.12. The minimum Gasteiger partial charge on any atom is -0.653 e. The number of hydrogen-bond donors (Lipinski definition) is 2. The van der Waals surface area contributed by atoms with Gasteiger partial charge in [0.1, 0.15) is 0 Å². The van der Waals surface area contributed by atoms with Crippen molar-refractivity contribution in [2.24, 2.45) is 11.3 Å². The molecule has 0 saturated heterocycles. The molecule has 0 amide bonds. The zero-order chi connectivity index (χ0) is 21.2. The van der Waals surface area contributed by atoms with Crippen molar-refractivity contribution in [3.05, 3.63) is 65.1 Å². The van der Waals surface area contributed by atoms with Crippen molar-refractivity contribution >= 4 is 10.9 Å². The highest BCUT2D eigenvalue weighted by molar-refractivity contribution is 5.93. The number of nitrogens with one attached hydrogen (secondary N) is 1. The zero-order valence-corrected chi connectivity index (χ0v) is 18.6. The normalized spacial score (nSPS) is 38.9. The van der Waals surface area contributed by atoms with Crippen molar-refractivity contribution in [2.45, 2.75) is 69.4 Å². The lowest BCUT2D eigenvalue weighted by atomic mass is 9.38. The van der Waals surface area contributed by atoms with Crippen molar-refractivity contribution < 1.29 is 5.11 Å². The lowest BCUT2D eigenvalue weighted by molar-refractivity contribution is -0.159. The van der Waals surface area contributed by atoms with Crippen LogP contribution in [0.1, 0.15) is 64.3 Å². The van der Waals surface area contributed by atoms with Crippen molar-refractivity contribution in [2.75, 3.05) is 7.05 Å². The molecular weight excluding hydrogens is 356 g/mol. The fourth-order valence-electron chi connectivity index (χ4n) is 7.57. The Balaban J connectivity index is 2.07. The first-order valence-corrected chi connectivity index (χ1v) is 10.8. The Labute approximate surface area is 174 Å². The first kappa shape index (κ1) is 19.1. The van der Waals surface area contributed by atoms with Crippen LogP contribution in [-0.4, -0.2) is 22.7 Å². The van der Waals surface area contributed by atoms with Gasteiger partial charge in [0.05, 0.1) is 5.60 Å². The standard InChI is InChI=1S/C26H33N2O/c1-9-24(7)14-13-18-23(5,6)16-11-10-12-17-19(16)20-21(28-17)22(3,4)15(2)26(24,27-8)25(18,20)29/h9-12,18,28-29H,1-2,13-14H2,3-8H3/q-1/t18-,24+,25-,26+/m1/s1. The van der Waals surface area contributed by atoms with E-state index in [9.17, 15) is 5.11 Å². The lowest BCUT2D eigenvalue weighted by Gasteiger charge is -2.76. The molecule has 0 spiro atoms. The summed E-state index contributed by atoms with van der Waals surface area (Å²) in [5.41, 5.74) is 2.74. The molecule has 0 bridgehead atoms. The molecule has 0 unspecified atom stereocenters. The summed E-state index contributed by atoms with van der Waals surface area (Å²) in [5.74, 6) is 0.0484. The van der Waals surface area contributed by atoms with E-state index in [0.717, 1.165) is 35.2 Å². The lowest BCUT2D eigenvalue weighted by Crippen LogP contribution is -2.73. The molecule has 1 aromatic carbocycles. The third-order valence-electron chi connectivity index (χ3n) is 9.21. The van der Waals surface area contributed by atoms with Gasteiger partial charge in [0.2, 0.25) is 0 Å². The van der Waals surface area contributed by atoms with Crippen LogP contribution in [0.5, 0.6) is 0 Å². The number of H-pyrrole nitrogens is 1. The van der Waals surface area contributed by atoms with Crippen LogP contribution in [0.25, 0.3) is 16.2 Å². The highest BCUT2D eigenvalue weighted by Gasteiger charge is 2.70. The molecule has 5 rings (SSSR count). The average molecular weight is 390 g/mol. The summed E-state index contributed by atoms with van der Waals surface area (Å²) in [7, 11) is 1.87. The van der Waals surface area contributed by atoms with E-state index < -0.39 is 11.1 Å². The smallest absolute Gasteiger partial charge is 0.0870 e. The van der Waals surface area contributed by atoms with E-state index in [1.807, 2.05) is 13.1 Å². The molecule has 1 saturated carbocycles. The maximum Gasteiger partial charge on any atom is 0.0870 e. The Morgan fingerprint density at radius 2 is 1.90 bits per heavy atom. The molecule has 0 radical (unpaired) electrons. The van der Waals surface area contributed by atoms with Gasteiger partial charge in [-0.1, -0.05) is 70.5 Å². The van der Waals surface area contributed by atoms with Gasteiger partial charge in [0.25, 0.3) is 0 Å². The first-order chi connectivity index (χ1) is 13.4. The molecule has 29 heavy (non-hydrogen) atoms. The monoisotopic (exact) mass is 389 g/mol. The van der Waals surface area contributed by atoms with Crippen LogP contribution >= 0.6 is 0 Å². The maximum absolute atomic E-state index is 13.0. The second-order valence-electron chi connectivity index (χ2n) is 10.8. The number of aliphatic hydroxyl groups is 1. The third-order valence-corrected chi connectivity index (χ3v) is 9.21. The Bertz CT molecular complexity index is 1090. The molecule has 154 valence electrons. The number of benzene rings is 1. The summed E-state index contributed by atoms with van der Waals surface area (Å²) in [5, 5.41) is 19.2. The van der Waals surface area contributed by atoms with E-state index in [1.54, 1.807) is 0 Å². The molecule has 3 aliphatic carbocycles. The predicted octanol–water partition coefficient (Wildman–Crippen LogP) is 5.84. The van der Waals surface area contributed by atoms with E-state index >= 15 is 0 Å². The van der Waals surface area contributed by atoms with E-state index in [1.165, 1.54) is 10.9 Å². The number of hydrogen-bond acceptors (Lipinski definition) is 1. The predicted molar refractivity (Wildman–Crippen MR) is 120 cm³/mol. The van der Waals surface area contributed by atoms with Crippen LogP contribution in [0.4, 0.5) is 0 Å². The Kier molecular flexibility index (Phi) is 3.35. The van der Waals surface area contributed by atoms with E-state index in [4.69, 9.17) is 5.32 Å². The molecule has 3 heteroatoms. The van der Waals surface area contributed by atoms with Crippen molar-refractivity contribution in [3.8, 4) is 0 Å². The van der Waals surface area contributed by atoms with Crippen molar-refractivity contribution in [3.63, 3.8) is 0 Å². The number of aromatic amines is 1. The second-order valence-corrected chi connectivity index (χ2v) is 10.8. The van der Waals surface area contributed by atoms with Crippen LogP contribution < -0.4 is 0 Å². The van der Waals surface area contributed by atoms with Gasteiger partial charge >= 0.3 is 0 Å². The summed E-state index contributed by atoms with van der Waals surface area (Å²) in [4.78, 5) is 3.70. The van der Waals surface area contributed by atoms with Crippen LogP contribution in [0, 0.1) is 11.3 Å². The quantitative estimate of drug-likeness (QED) is 0.623. The molecule has 1 heterocycles. The summed E-state index contributed by atoms with van der Waals surface area (Å²) >= 11 is 0. The van der Waals surface area contributed by atoms with Gasteiger partial charge in [-0.25, -0.2) is 0 Å². The highest BCUT2D eigenvalue weighted by atomic mass is 16.3. The van der Waals surface area contributed by atoms with Crippen molar-refractivity contribution in [1.82, 2.24) is 4.98 Å². The second kappa shape index (κ2) is 5.07. The van der Waals surface area contributed by atoms with Gasteiger partial charge in [0.15, 0.2) is 0 Å². The molecule has 1 fully saturated rings. The molecule has 3 nitrogen and oxygen atoms in total. The van der Waals surface area contributed by atoms with Gasteiger partial charge in [0, 0.05) is 33.5 Å². The highest BCUT2D eigenvalue weighted by Crippen LogP contribution is 2.73. The molecule has 0 aliphatic heterocycles. The molecular formula is C26H33N2O-. The summed E-state index contributed by atoms with van der Waals surface area (Å²) < 4.78 is 0. The molecule has 2 N–H and O–H groups in total. The van der Waals surface area contributed by atoms with Crippen molar-refractivity contribution in [1.29, 1.82) is 0 Å². The van der Waals surface area contributed by atoms with Gasteiger partial charge in [-0.05, 0) is 35.3 Å². The fraction of sp³-hybridized carbons (Fsp3) is 0.538. The first-order valence-electron chi connectivity index (χ1n) is 10.8. The number of nitrogens with zero attached hydrogens (tertiary/aromatic N) is 1. The molecule has 1 aromatic heterocycles. The Morgan fingerprint density at radius 1 is 1.21 bits per heavy atom. The fourth-order valence-corrected chi connectivity index (χ4v) is 7.57. The number of aromatic nitrogens is 1. The zero-order valence-electron chi connectivity index (χ0n) is 18.6. The SMILES string of the molecule is C=C[C@@]1(C)CC[C@@H]2C(C)(C)c3cccc4[nH]c5c(c34)[C@@]2(O)[C@]1([N-]C)C(=C)C5(C)C. The minimum absolute atomic E-state index is 0.0484. The van der Waals surface area contributed by atoms with Gasteiger partial charge in [-0.15, -0.1) is 6.58 Å². The third kappa shape index (κ3) is 1.65. The van der Waals surface area contributed by atoms with E-state index in [0.29, 0.717) is 0 Å². The van der Waals surface area contributed by atoms with E-state index in [2.05, 4.69) is 71.0 Å². The van der Waals surface area contributed by atoms with Gasteiger partial charge < -0.3 is 15.4 Å². The van der Waals surface area contributed by atoms with Gasteiger partial charge in [-0.2, -0.15) is 7.05 Å². The van der Waals surface area contributed by atoms with Crippen LogP contribution in [0.15, 0.2) is 43.0 Å². The number of rotatable bonds is 2. The van der Waals surface area contributed by atoms with E-state index in [-0.39, 0.29) is 22.2 Å². The molecule has 3 aliphatic rings. The Hall–Kier alpha value is -1.84. The summed E-state index contributed by atoms with van der Waals surface area (Å²) in [6.07, 6.45) is 3.89. The largest absolute Gasteiger partial charge is 0.653 e. The molecule has 2 aromatic rings. The Morgan fingerprint density at radius 3 is 2.52 bits per heavy atom. The molecule has 4 atom stereocenters. The number of likely N-dealkylation sites (N-methyl/N-ethyl adjacent to an activating group) is 1. The van der Waals surface area contributed by atoms with Crippen LogP contribution in [-0.2, 0) is 16.4 Å². The topological polar surface area (TPSA) is 50.1 Å². The summed E-state index contributed by atoms with van der Waals surface area (Å²) in [6.45, 7) is 20.1. The maximum atomic E-state index is 13.0. The van der Waals surface area contributed by atoms with Crippen LogP contribution in [0.2, 0.25) is 0 Å². The van der Waals surface area contributed by atoms with Gasteiger partial charge in [-0.3, -0.25) is 0 Å².